The summed E-state index contributed by atoms with van der Waals surface area (Å²) >= 11 is 3.04. The van der Waals surface area contributed by atoms with E-state index in [2.05, 4.69) is 25.9 Å². The van der Waals surface area contributed by atoms with Gasteiger partial charge in [-0.05, 0) is 31.2 Å². The molecule has 20 heavy (non-hydrogen) atoms. The molecule has 3 rings (SSSR count). The number of aromatic nitrogens is 3. The van der Waals surface area contributed by atoms with Gasteiger partial charge >= 0.3 is 0 Å². The van der Waals surface area contributed by atoms with Gasteiger partial charge in [0.25, 0.3) is 0 Å². The fourth-order valence-corrected chi connectivity index (χ4v) is 2.44. The van der Waals surface area contributed by atoms with Crippen molar-refractivity contribution in [2.75, 3.05) is 5.73 Å². The molecule has 0 radical (unpaired) electrons. The summed E-state index contributed by atoms with van der Waals surface area (Å²) in [5, 5.41) is 0. The van der Waals surface area contributed by atoms with Gasteiger partial charge in [0, 0.05) is 10.2 Å². The number of aryl methyl sites for hydroxylation is 1. The van der Waals surface area contributed by atoms with Crippen LogP contribution < -0.4 is 5.73 Å². The number of fused-ring (bicyclic) bond motifs is 1. The molecule has 0 amide bonds. The summed E-state index contributed by atoms with van der Waals surface area (Å²) in [7, 11) is 0. The van der Waals surface area contributed by atoms with Gasteiger partial charge in [-0.2, -0.15) is 0 Å². The number of hydrogen-bond acceptors (Lipinski definition) is 3. The first-order valence-electron chi connectivity index (χ1n) is 5.74. The zero-order chi connectivity index (χ0) is 14.4. The maximum absolute atomic E-state index is 14.1. The van der Waals surface area contributed by atoms with Crippen molar-refractivity contribution in [2.45, 2.75) is 6.92 Å². The van der Waals surface area contributed by atoms with Gasteiger partial charge in [-0.1, -0.05) is 15.9 Å². The maximum atomic E-state index is 14.1. The number of pyridine rings is 1. The van der Waals surface area contributed by atoms with Crippen molar-refractivity contribution in [3.8, 4) is 5.69 Å². The molecule has 0 atom stereocenters. The molecular weight excluding hydrogens is 330 g/mol. The fourth-order valence-electron chi connectivity index (χ4n) is 2.04. The predicted molar refractivity (Wildman–Crippen MR) is 75.6 cm³/mol. The zero-order valence-corrected chi connectivity index (χ0v) is 11.9. The van der Waals surface area contributed by atoms with Gasteiger partial charge in [0.2, 0.25) is 5.95 Å². The second kappa shape index (κ2) is 4.52. The number of rotatable bonds is 1. The number of hydrogen-bond donors (Lipinski definition) is 1. The number of anilines is 1. The molecule has 0 saturated carbocycles. The Morgan fingerprint density at radius 1 is 1.15 bits per heavy atom. The molecule has 0 aliphatic carbocycles. The molecule has 0 aliphatic rings. The van der Waals surface area contributed by atoms with E-state index in [0.29, 0.717) is 21.3 Å². The van der Waals surface area contributed by atoms with E-state index >= 15 is 0 Å². The van der Waals surface area contributed by atoms with E-state index < -0.39 is 11.6 Å². The molecule has 0 spiro atoms. The van der Waals surface area contributed by atoms with Crippen molar-refractivity contribution >= 4 is 33.0 Å². The number of benzene rings is 1. The molecule has 0 aliphatic heterocycles. The van der Waals surface area contributed by atoms with Crippen LogP contribution in [0.25, 0.3) is 16.9 Å². The molecule has 2 N–H and O–H groups in total. The van der Waals surface area contributed by atoms with E-state index in [9.17, 15) is 8.78 Å². The first kappa shape index (κ1) is 13.0. The summed E-state index contributed by atoms with van der Waals surface area (Å²) in [6, 6.07) is 5.80. The van der Waals surface area contributed by atoms with Crippen LogP contribution in [0.2, 0.25) is 0 Å². The average Bonchev–Trinajstić information content (AvgIpc) is 2.65. The molecule has 0 saturated heterocycles. The third kappa shape index (κ3) is 1.94. The Bertz CT molecular complexity index is 806. The largest absolute Gasteiger partial charge is 0.369 e. The molecule has 0 unspecified atom stereocenters. The molecule has 7 heteroatoms. The zero-order valence-electron chi connectivity index (χ0n) is 10.4. The monoisotopic (exact) mass is 338 g/mol. The summed E-state index contributed by atoms with van der Waals surface area (Å²) in [4.78, 5) is 8.32. The second-order valence-electron chi connectivity index (χ2n) is 4.32. The van der Waals surface area contributed by atoms with Crippen molar-refractivity contribution in [1.82, 2.24) is 14.5 Å². The molecule has 0 bridgehead atoms. The molecule has 102 valence electrons. The summed E-state index contributed by atoms with van der Waals surface area (Å²) in [6.45, 7) is 1.78. The Labute approximate surface area is 121 Å². The molecular formula is C13H9BrF2N4. The van der Waals surface area contributed by atoms with Gasteiger partial charge in [0.05, 0.1) is 0 Å². The lowest BCUT2D eigenvalue weighted by atomic mass is 10.3. The minimum atomic E-state index is -0.744. The molecule has 0 fully saturated rings. The molecule has 4 nitrogen and oxygen atoms in total. The van der Waals surface area contributed by atoms with Crippen LogP contribution in [0.3, 0.4) is 0 Å². The lowest BCUT2D eigenvalue weighted by molar-refractivity contribution is 0.570. The molecule has 2 heterocycles. The van der Waals surface area contributed by atoms with Crippen LogP contribution in [0.15, 0.2) is 28.7 Å². The third-order valence-electron chi connectivity index (χ3n) is 2.87. The van der Waals surface area contributed by atoms with Crippen molar-refractivity contribution in [1.29, 1.82) is 0 Å². The van der Waals surface area contributed by atoms with Gasteiger partial charge in [-0.3, -0.25) is 4.57 Å². The quantitative estimate of drug-likeness (QED) is 0.740. The standard InChI is InChI=1S/C13H9BrF2N4/c1-6-2-3-10-12(18-6)20(13(17)19-10)11-8(15)4-7(14)5-9(11)16/h2-5H,1H3,(H2,17,19). The highest BCUT2D eigenvalue weighted by Crippen LogP contribution is 2.28. The van der Waals surface area contributed by atoms with E-state index in [0.717, 1.165) is 0 Å². The number of halogens is 3. The Morgan fingerprint density at radius 2 is 1.80 bits per heavy atom. The summed E-state index contributed by atoms with van der Waals surface area (Å²) < 4.78 is 29.7. The van der Waals surface area contributed by atoms with Crippen molar-refractivity contribution in [2.24, 2.45) is 0 Å². The van der Waals surface area contributed by atoms with Crippen LogP contribution in [0.1, 0.15) is 5.69 Å². The maximum Gasteiger partial charge on any atom is 0.207 e. The van der Waals surface area contributed by atoms with Crippen LogP contribution in [0, 0.1) is 18.6 Å². The van der Waals surface area contributed by atoms with Crippen LogP contribution in [0.5, 0.6) is 0 Å². The van der Waals surface area contributed by atoms with Crippen molar-refractivity contribution < 1.29 is 8.78 Å². The predicted octanol–water partition coefficient (Wildman–Crippen LogP) is 3.35. The van der Waals surface area contributed by atoms with Crippen molar-refractivity contribution in [3.05, 3.63) is 46.1 Å². The lowest BCUT2D eigenvalue weighted by Gasteiger charge is -2.09. The van der Waals surface area contributed by atoms with Gasteiger partial charge in [-0.25, -0.2) is 18.7 Å². The van der Waals surface area contributed by atoms with E-state index in [1.54, 1.807) is 19.1 Å². The smallest absolute Gasteiger partial charge is 0.207 e. The topological polar surface area (TPSA) is 56.7 Å². The highest BCUT2D eigenvalue weighted by Gasteiger charge is 2.19. The Hall–Kier alpha value is -2.02. The van der Waals surface area contributed by atoms with Crippen molar-refractivity contribution in [3.63, 3.8) is 0 Å². The second-order valence-corrected chi connectivity index (χ2v) is 5.23. The number of nitrogen functional groups attached to an aromatic ring is 1. The summed E-state index contributed by atoms with van der Waals surface area (Å²) in [5.74, 6) is -1.50. The highest BCUT2D eigenvalue weighted by molar-refractivity contribution is 9.10. The van der Waals surface area contributed by atoms with Crippen LogP contribution in [-0.4, -0.2) is 14.5 Å². The summed E-state index contributed by atoms with van der Waals surface area (Å²) in [5.41, 5.74) is 7.00. The fraction of sp³-hybridized carbons (Fsp3) is 0.0769. The minimum absolute atomic E-state index is 0.0155. The SMILES string of the molecule is Cc1ccc2nc(N)n(-c3c(F)cc(Br)cc3F)c2n1. The van der Waals surface area contributed by atoms with E-state index in [4.69, 9.17) is 5.73 Å². The van der Waals surface area contributed by atoms with Gasteiger partial charge in [0.15, 0.2) is 17.3 Å². The van der Waals surface area contributed by atoms with Gasteiger partial charge in [-0.15, -0.1) is 0 Å². The third-order valence-corrected chi connectivity index (χ3v) is 3.33. The van der Waals surface area contributed by atoms with Crippen LogP contribution in [0.4, 0.5) is 14.7 Å². The number of imidazole rings is 1. The van der Waals surface area contributed by atoms with E-state index in [-0.39, 0.29) is 11.6 Å². The van der Waals surface area contributed by atoms with Crippen LogP contribution in [-0.2, 0) is 0 Å². The Balaban J connectivity index is 2.40. The normalized spacial score (nSPS) is 11.2. The highest BCUT2D eigenvalue weighted by atomic mass is 79.9. The average molecular weight is 339 g/mol. The minimum Gasteiger partial charge on any atom is -0.369 e. The first-order chi connectivity index (χ1) is 9.47. The summed E-state index contributed by atoms with van der Waals surface area (Å²) in [6.07, 6.45) is 0. The molecule has 3 aromatic rings. The number of nitrogens with zero attached hydrogens (tertiary/aromatic N) is 3. The molecule has 2 aromatic heterocycles. The first-order valence-corrected chi connectivity index (χ1v) is 6.53. The number of nitrogens with two attached hydrogens (primary N) is 1. The lowest BCUT2D eigenvalue weighted by Crippen LogP contribution is -2.06. The van der Waals surface area contributed by atoms with Crippen LogP contribution >= 0.6 is 15.9 Å². The van der Waals surface area contributed by atoms with E-state index in [1.807, 2.05) is 0 Å². The Morgan fingerprint density at radius 3 is 2.45 bits per heavy atom. The molecule has 1 aromatic carbocycles. The van der Waals surface area contributed by atoms with E-state index in [1.165, 1.54) is 16.7 Å². The van der Waals surface area contributed by atoms with Gasteiger partial charge < -0.3 is 5.73 Å². The van der Waals surface area contributed by atoms with Gasteiger partial charge in [0.1, 0.15) is 11.2 Å². The Kier molecular flexibility index (Phi) is 2.93.